The van der Waals surface area contributed by atoms with Gasteiger partial charge in [-0.3, -0.25) is 4.79 Å². The van der Waals surface area contributed by atoms with Gasteiger partial charge in [0.15, 0.2) is 5.82 Å². The number of likely N-dealkylation sites (tertiary alicyclic amines) is 1. The number of benzene rings is 1. The lowest BCUT2D eigenvalue weighted by molar-refractivity contribution is -0.129. The molecule has 6 nitrogen and oxygen atoms in total. The van der Waals surface area contributed by atoms with E-state index in [0.29, 0.717) is 17.5 Å². The molecule has 1 fully saturated rings. The van der Waals surface area contributed by atoms with E-state index in [1.807, 2.05) is 36.1 Å². The molecule has 1 atom stereocenters. The van der Waals surface area contributed by atoms with Crippen molar-refractivity contribution in [2.45, 2.75) is 32.7 Å². The molecule has 0 radical (unpaired) electrons. The van der Waals surface area contributed by atoms with Crippen LogP contribution in [-0.2, 0) is 4.79 Å². The minimum Gasteiger partial charge on any atom is -0.497 e. The Morgan fingerprint density at radius 1 is 1.21 bits per heavy atom. The van der Waals surface area contributed by atoms with E-state index in [-0.39, 0.29) is 11.9 Å². The Bertz CT molecular complexity index is 731. The number of carbonyl (C=O) groups is 1. The molecule has 24 heavy (non-hydrogen) atoms. The largest absolute Gasteiger partial charge is 0.497 e. The Hall–Kier alpha value is -2.63. The highest BCUT2D eigenvalue weighted by Crippen LogP contribution is 2.31. The van der Waals surface area contributed by atoms with Crippen molar-refractivity contribution >= 4 is 5.91 Å². The van der Waals surface area contributed by atoms with Crippen molar-refractivity contribution in [1.29, 1.82) is 0 Å². The molecule has 2 heterocycles. The fourth-order valence-corrected chi connectivity index (χ4v) is 2.94. The second-order valence-electron chi connectivity index (χ2n) is 5.85. The highest BCUT2D eigenvalue weighted by Gasteiger charge is 2.30. The molecule has 2 aromatic rings. The van der Waals surface area contributed by atoms with E-state index >= 15 is 0 Å². The van der Waals surface area contributed by atoms with Gasteiger partial charge < -0.3 is 14.4 Å². The Labute approximate surface area is 141 Å². The van der Waals surface area contributed by atoms with Crippen molar-refractivity contribution in [2.24, 2.45) is 0 Å². The molecule has 6 heteroatoms. The van der Waals surface area contributed by atoms with Gasteiger partial charge in [0.1, 0.15) is 11.5 Å². The molecule has 0 saturated carbocycles. The zero-order valence-electron chi connectivity index (χ0n) is 14.2. The van der Waals surface area contributed by atoms with E-state index in [4.69, 9.17) is 9.47 Å². The van der Waals surface area contributed by atoms with Crippen molar-refractivity contribution in [3.05, 3.63) is 41.9 Å². The summed E-state index contributed by atoms with van der Waals surface area (Å²) in [6, 6.07) is 9.04. The maximum atomic E-state index is 11.8. The van der Waals surface area contributed by atoms with Crippen LogP contribution in [0.4, 0.5) is 0 Å². The first kappa shape index (κ1) is 16.2. The van der Waals surface area contributed by atoms with E-state index in [2.05, 4.69) is 9.97 Å². The number of amides is 1. The molecule has 3 rings (SSSR count). The molecule has 0 bridgehead atoms. The summed E-state index contributed by atoms with van der Waals surface area (Å²) in [5.74, 6) is 2.63. The van der Waals surface area contributed by atoms with Crippen LogP contribution >= 0.6 is 0 Å². The van der Waals surface area contributed by atoms with Crippen molar-refractivity contribution in [3.63, 3.8) is 0 Å². The molecule has 1 saturated heterocycles. The zero-order valence-corrected chi connectivity index (χ0v) is 14.2. The number of aromatic nitrogens is 2. The third kappa shape index (κ3) is 3.48. The van der Waals surface area contributed by atoms with E-state index in [9.17, 15) is 4.79 Å². The second kappa shape index (κ2) is 6.86. The fraction of sp³-hybridized carbons (Fsp3) is 0.389. The van der Waals surface area contributed by atoms with Gasteiger partial charge in [0, 0.05) is 25.2 Å². The van der Waals surface area contributed by atoms with Gasteiger partial charge >= 0.3 is 0 Å². The molecule has 1 aliphatic heterocycles. The minimum absolute atomic E-state index is 0.0558. The van der Waals surface area contributed by atoms with Crippen LogP contribution in [0.15, 0.2) is 30.3 Å². The molecule has 1 aromatic carbocycles. The molecule has 126 valence electrons. The Morgan fingerprint density at radius 3 is 2.58 bits per heavy atom. The zero-order chi connectivity index (χ0) is 17.1. The normalized spacial score (nSPS) is 17.0. The van der Waals surface area contributed by atoms with Gasteiger partial charge in [0.25, 0.3) is 0 Å². The van der Waals surface area contributed by atoms with Crippen LogP contribution in [0, 0.1) is 6.92 Å². The summed E-state index contributed by atoms with van der Waals surface area (Å²) in [6.07, 6.45) is 1.85. The molecule has 1 aliphatic rings. The summed E-state index contributed by atoms with van der Waals surface area (Å²) in [5.41, 5.74) is 0.818. The van der Waals surface area contributed by atoms with Gasteiger partial charge in [-0.25, -0.2) is 4.98 Å². The summed E-state index contributed by atoms with van der Waals surface area (Å²) in [5, 5.41) is 0. The topological polar surface area (TPSA) is 64.6 Å². The first-order chi connectivity index (χ1) is 11.6. The second-order valence-corrected chi connectivity index (χ2v) is 5.85. The van der Waals surface area contributed by atoms with Gasteiger partial charge in [0.2, 0.25) is 11.8 Å². The number of carbonyl (C=O) groups excluding carboxylic acids is 1. The van der Waals surface area contributed by atoms with Crippen LogP contribution in [0.1, 0.15) is 37.3 Å². The minimum atomic E-state index is -0.0689. The highest BCUT2D eigenvalue weighted by atomic mass is 16.5. The first-order valence-corrected chi connectivity index (χ1v) is 8.01. The van der Waals surface area contributed by atoms with Gasteiger partial charge in [-0.1, -0.05) is 0 Å². The average molecular weight is 327 g/mol. The van der Waals surface area contributed by atoms with Gasteiger partial charge in [0.05, 0.1) is 13.2 Å². The Balaban J connectivity index is 1.84. The number of ether oxygens (including phenoxy) is 2. The monoisotopic (exact) mass is 327 g/mol. The maximum Gasteiger partial charge on any atom is 0.222 e. The number of hydrogen-bond acceptors (Lipinski definition) is 5. The van der Waals surface area contributed by atoms with Crippen LogP contribution in [0.3, 0.4) is 0 Å². The predicted octanol–water partition coefficient (Wildman–Crippen LogP) is 3.27. The van der Waals surface area contributed by atoms with Gasteiger partial charge in [-0.05, 0) is 44.0 Å². The van der Waals surface area contributed by atoms with E-state index in [1.54, 1.807) is 20.1 Å². The summed E-state index contributed by atoms with van der Waals surface area (Å²) in [7, 11) is 1.62. The third-order valence-corrected chi connectivity index (χ3v) is 4.09. The quantitative estimate of drug-likeness (QED) is 0.862. The lowest BCUT2D eigenvalue weighted by Crippen LogP contribution is -2.29. The van der Waals surface area contributed by atoms with Crippen molar-refractivity contribution in [1.82, 2.24) is 14.9 Å². The van der Waals surface area contributed by atoms with Gasteiger partial charge in [-0.15, -0.1) is 0 Å². The molecule has 1 amide bonds. The first-order valence-electron chi connectivity index (χ1n) is 8.01. The standard InChI is InChI=1S/C18H21N3O3/c1-12-11-17(24-15-8-6-14(23-3)7-9-15)20-18(19-12)16-5-4-10-21(16)13(2)22/h6-9,11,16H,4-5,10H2,1-3H3/t16-/m0/s1. The van der Waals surface area contributed by atoms with Crippen LogP contribution in [0.5, 0.6) is 17.4 Å². The van der Waals surface area contributed by atoms with Gasteiger partial charge in [-0.2, -0.15) is 4.98 Å². The number of nitrogens with zero attached hydrogens (tertiary/aromatic N) is 3. The van der Waals surface area contributed by atoms with E-state index in [0.717, 1.165) is 30.8 Å². The number of aryl methyl sites for hydroxylation is 1. The van der Waals surface area contributed by atoms with Crippen molar-refractivity contribution in [2.75, 3.05) is 13.7 Å². The average Bonchev–Trinajstić information content (AvgIpc) is 3.05. The molecule has 0 unspecified atom stereocenters. The summed E-state index contributed by atoms with van der Waals surface area (Å²) < 4.78 is 11.0. The third-order valence-electron chi connectivity index (χ3n) is 4.09. The highest BCUT2D eigenvalue weighted by molar-refractivity contribution is 5.74. The van der Waals surface area contributed by atoms with Crippen LogP contribution in [0.2, 0.25) is 0 Å². The van der Waals surface area contributed by atoms with Crippen LogP contribution < -0.4 is 9.47 Å². The van der Waals surface area contributed by atoms with E-state index < -0.39 is 0 Å². The van der Waals surface area contributed by atoms with Crippen molar-refractivity contribution < 1.29 is 14.3 Å². The summed E-state index contributed by atoms with van der Waals surface area (Å²) in [6.45, 7) is 4.24. The number of hydrogen-bond donors (Lipinski definition) is 0. The lowest BCUT2D eigenvalue weighted by Gasteiger charge is -2.22. The molecule has 0 aliphatic carbocycles. The van der Waals surface area contributed by atoms with E-state index in [1.165, 1.54) is 0 Å². The number of methoxy groups -OCH3 is 1. The Morgan fingerprint density at radius 2 is 1.92 bits per heavy atom. The van der Waals surface area contributed by atoms with Crippen molar-refractivity contribution in [3.8, 4) is 17.4 Å². The summed E-state index contributed by atoms with van der Waals surface area (Å²) >= 11 is 0. The lowest BCUT2D eigenvalue weighted by atomic mass is 10.2. The maximum absolute atomic E-state index is 11.8. The smallest absolute Gasteiger partial charge is 0.222 e. The predicted molar refractivity (Wildman–Crippen MR) is 89.2 cm³/mol. The molecule has 1 aromatic heterocycles. The molecule has 0 spiro atoms. The van der Waals surface area contributed by atoms with Crippen LogP contribution in [0.25, 0.3) is 0 Å². The SMILES string of the molecule is COc1ccc(Oc2cc(C)nc([C@@H]3CCCN3C(C)=O)n2)cc1. The fourth-order valence-electron chi connectivity index (χ4n) is 2.94. The Kier molecular flexibility index (Phi) is 4.64. The summed E-state index contributed by atoms with van der Waals surface area (Å²) in [4.78, 5) is 22.6. The molecule has 0 N–H and O–H groups in total. The number of rotatable bonds is 4. The molecular formula is C18H21N3O3. The van der Waals surface area contributed by atoms with Crippen LogP contribution in [-0.4, -0.2) is 34.4 Å². The molecular weight excluding hydrogens is 306 g/mol.